The molecule has 4 aromatic rings. The number of hydrogen-bond donors (Lipinski definition) is 0. The number of fused-ring (bicyclic) bond motifs is 2. The van der Waals surface area contributed by atoms with Crippen molar-refractivity contribution in [3.05, 3.63) is 49.1 Å². The Kier molecular flexibility index (Phi) is 13.3. The molecule has 0 N–H and O–H groups in total. The van der Waals surface area contributed by atoms with E-state index in [1.165, 1.54) is 9.80 Å². The molecule has 0 bridgehead atoms. The minimum atomic E-state index is -0.413. The zero-order chi connectivity index (χ0) is 33.6. The molecule has 0 spiro atoms. The number of nitrogens with zero attached hydrogens (tertiary/aromatic N) is 6. The molecule has 0 radical (unpaired) electrons. The first-order chi connectivity index (χ1) is 22.1. The summed E-state index contributed by atoms with van der Waals surface area (Å²) in [5, 5.41) is 0. The summed E-state index contributed by atoms with van der Waals surface area (Å²) in [5.74, 6) is 0.406. The highest BCUT2D eigenvalue weighted by molar-refractivity contribution is 5.80. The predicted octanol–water partition coefficient (Wildman–Crippen LogP) is 4.88. The lowest BCUT2D eigenvalue weighted by Crippen LogP contribution is -2.29. The molecule has 0 saturated heterocycles. The Labute approximate surface area is 267 Å². The average molecular weight is 639 g/mol. The summed E-state index contributed by atoms with van der Waals surface area (Å²) in [7, 11) is 3.34. The Bertz CT molecular complexity index is 1630. The van der Waals surface area contributed by atoms with Gasteiger partial charge in [-0.15, -0.1) is 0 Å². The highest BCUT2D eigenvalue weighted by Crippen LogP contribution is 2.22. The quantitative estimate of drug-likeness (QED) is 0.197. The van der Waals surface area contributed by atoms with Gasteiger partial charge in [-0.1, -0.05) is 0 Å². The number of amides is 2. The zero-order valence-corrected chi connectivity index (χ0v) is 27.2. The zero-order valence-electron chi connectivity index (χ0n) is 27.2. The first-order valence-electron chi connectivity index (χ1n) is 15.2. The van der Waals surface area contributed by atoms with E-state index >= 15 is 0 Å². The molecule has 0 fully saturated rings. The van der Waals surface area contributed by atoms with Crippen LogP contribution in [0.2, 0.25) is 0 Å². The van der Waals surface area contributed by atoms with E-state index in [0.717, 1.165) is 16.6 Å². The first-order valence-corrected chi connectivity index (χ1v) is 15.2. The SMILES string of the molecule is CCOC(=O)CCn1cnc2cc(OC(=O)N(C)CC)ccc21.CCOC(=O)CCn1cnc2ccc(OC(=O)N(C)CC)cc21. The fraction of sp³-hybridized carbons (Fsp3) is 0.438. The number of ether oxygens (including phenoxy) is 4. The topological polar surface area (TPSA) is 147 Å². The van der Waals surface area contributed by atoms with Crippen molar-refractivity contribution in [1.29, 1.82) is 0 Å². The third-order valence-electron chi connectivity index (χ3n) is 6.89. The smallest absolute Gasteiger partial charge is 0.414 e. The average Bonchev–Trinajstić information content (AvgIpc) is 3.65. The molecule has 0 aliphatic rings. The van der Waals surface area contributed by atoms with Crippen molar-refractivity contribution in [3.63, 3.8) is 0 Å². The van der Waals surface area contributed by atoms with E-state index < -0.39 is 12.2 Å². The predicted molar refractivity (Wildman–Crippen MR) is 171 cm³/mol. The Morgan fingerprint density at radius 2 is 1.13 bits per heavy atom. The second-order valence-corrected chi connectivity index (χ2v) is 10.1. The molecule has 2 amide bonds. The van der Waals surface area contributed by atoms with Crippen LogP contribution in [-0.2, 0) is 32.2 Å². The molecule has 0 aliphatic heterocycles. The number of esters is 2. The molecule has 46 heavy (non-hydrogen) atoms. The summed E-state index contributed by atoms with van der Waals surface area (Å²) in [5.41, 5.74) is 3.16. The van der Waals surface area contributed by atoms with E-state index in [9.17, 15) is 19.2 Å². The molecule has 0 saturated carbocycles. The van der Waals surface area contributed by atoms with Gasteiger partial charge in [0, 0.05) is 52.4 Å². The molecule has 0 aliphatic carbocycles. The van der Waals surface area contributed by atoms with Gasteiger partial charge in [0.25, 0.3) is 0 Å². The van der Waals surface area contributed by atoms with Crippen LogP contribution in [0.3, 0.4) is 0 Å². The van der Waals surface area contributed by atoms with Crippen molar-refractivity contribution in [2.75, 3.05) is 40.4 Å². The number of rotatable bonds is 12. The van der Waals surface area contributed by atoms with Crippen LogP contribution in [-0.4, -0.2) is 93.4 Å². The minimum Gasteiger partial charge on any atom is -0.466 e. The highest BCUT2D eigenvalue weighted by Gasteiger charge is 2.13. The number of carbonyl (C=O) groups is 4. The van der Waals surface area contributed by atoms with Gasteiger partial charge >= 0.3 is 24.1 Å². The molecule has 0 atom stereocenters. The van der Waals surface area contributed by atoms with Crippen molar-refractivity contribution < 1.29 is 38.1 Å². The summed E-state index contributed by atoms with van der Waals surface area (Å²) in [6, 6.07) is 10.5. The number of carbonyl (C=O) groups excluding carboxylic acids is 4. The van der Waals surface area contributed by atoms with E-state index in [2.05, 4.69) is 9.97 Å². The maximum absolute atomic E-state index is 11.8. The third-order valence-corrected chi connectivity index (χ3v) is 6.89. The maximum Gasteiger partial charge on any atom is 0.414 e. The second kappa shape index (κ2) is 17.4. The van der Waals surface area contributed by atoms with Crippen LogP contribution >= 0.6 is 0 Å². The van der Waals surface area contributed by atoms with Crippen LogP contribution in [0.5, 0.6) is 11.5 Å². The van der Waals surface area contributed by atoms with Crippen LogP contribution in [0.25, 0.3) is 22.1 Å². The van der Waals surface area contributed by atoms with Crippen molar-refractivity contribution in [2.45, 2.75) is 53.6 Å². The number of aryl methyl sites for hydroxylation is 2. The number of aromatic nitrogens is 4. The molecule has 2 heterocycles. The molecule has 4 rings (SSSR count). The largest absolute Gasteiger partial charge is 0.466 e. The Morgan fingerprint density at radius 1 is 0.652 bits per heavy atom. The maximum atomic E-state index is 11.8. The van der Waals surface area contributed by atoms with Crippen molar-refractivity contribution in [2.24, 2.45) is 0 Å². The van der Waals surface area contributed by atoms with Gasteiger partial charge in [-0.05, 0) is 52.0 Å². The summed E-state index contributed by atoms with van der Waals surface area (Å²) in [4.78, 5) is 58.0. The summed E-state index contributed by atoms with van der Waals surface area (Å²) >= 11 is 0. The fourth-order valence-electron chi connectivity index (χ4n) is 4.07. The van der Waals surface area contributed by atoms with Gasteiger partial charge < -0.3 is 37.9 Å². The van der Waals surface area contributed by atoms with Gasteiger partial charge in [0.15, 0.2) is 0 Å². The van der Waals surface area contributed by atoms with E-state index in [4.69, 9.17) is 18.9 Å². The molecular formula is C32H42N6O8. The summed E-state index contributed by atoms with van der Waals surface area (Å²) < 4.78 is 24.1. The highest BCUT2D eigenvalue weighted by atomic mass is 16.6. The Hall–Kier alpha value is -5.14. The molecular weight excluding hydrogens is 596 g/mol. The van der Waals surface area contributed by atoms with Crippen molar-refractivity contribution in [1.82, 2.24) is 28.9 Å². The Balaban J connectivity index is 0.000000250. The lowest BCUT2D eigenvalue weighted by atomic mass is 10.3. The van der Waals surface area contributed by atoms with E-state index in [1.54, 1.807) is 70.9 Å². The van der Waals surface area contributed by atoms with Crippen molar-refractivity contribution >= 4 is 46.2 Å². The monoisotopic (exact) mass is 638 g/mol. The van der Waals surface area contributed by atoms with Crippen molar-refractivity contribution in [3.8, 4) is 11.5 Å². The standard InChI is InChI=1S/2C16H21N3O4/c1-4-18(3)16(21)23-12-6-7-14-13(10-12)17-11-19(14)9-8-15(20)22-5-2;1-4-18(3)16(21)23-12-6-7-13-14(10-12)19(11-17-13)9-8-15(20)22-5-2/h2*6-7,10-11H,4-5,8-9H2,1-3H3. The molecule has 14 nitrogen and oxygen atoms in total. The number of imidazole rings is 2. The molecule has 0 unspecified atom stereocenters. The van der Waals surface area contributed by atoms with Gasteiger partial charge in [-0.2, -0.15) is 0 Å². The van der Waals surface area contributed by atoms with Crippen LogP contribution < -0.4 is 9.47 Å². The van der Waals surface area contributed by atoms with Crippen LogP contribution in [0.15, 0.2) is 49.1 Å². The van der Waals surface area contributed by atoms with E-state index in [-0.39, 0.29) is 24.8 Å². The molecule has 2 aromatic heterocycles. The van der Waals surface area contributed by atoms with E-state index in [1.807, 2.05) is 29.0 Å². The van der Waals surface area contributed by atoms with Crippen LogP contribution in [0.1, 0.15) is 40.5 Å². The Morgan fingerprint density at radius 3 is 1.65 bits per heavy atom. The number of hydrogen-bond acceptors (Lipinski definition) is 10. The molecule has 2 aromatic carbocycles. The summed E-state index contributed by atoms with van der Waals surface area (Å²) in [6.45, 7) is 10.1. The lowest BCUT2D eigenvalue weighted by molar-refractivity contribution is -0.144. The molecule has 248 valence electrons. The van der Waals surface area contributed by atoms with Crippen LogP contribution in [0.4, 0.5) is 9.59 Å². The van der Waals surface area contributed by atoms with E-state index in [0.29, 0.717) is 56.4 Å². The van der Waals surface area contributed by atoms with Gasteiger partial charge in [0.1, 0.15) is 11.5 Å². The fourth-order valence-corrected chi connectivity index (χ4v) is 4.07. The van der Waals surface area contributed by atoms with Crippen LogP contribution in [0, 0.1) is 0 Å². The van der Waals surface area contributed by atoms with Gasteiger partial charge in [0.2, 0.25) is 0 Å². The lowest BCUT2D eigenvalue weighted by Gasteiger charge is -2.14. The number of benzene rings is 2. The normalized spacial score (nSPS) is 10.6. The minimum absolute atomic E-state index is 0.234. The molecule has 14 heteroatoms. The third kappa shape index (κ3) is 9.94. The van der Waals surface area contributed by atoms with Gasteiger partial charge in [-0.3, -0.25) is 9.59 Å². The summed E-state index contributed by atoms with van der Waals surface area (Å²) in [6.07, 6.45) is 3.05. The van der Waals surface area contributed by atoms with Gasteiger partial charge in [0.05, 0.1) is 60.8 Å². The second-order valence-electron chi connectivity index (χ2n) is 10.1. The van der Waals surface area contributed by atoms with Gasteiger partial charge in [-0.25, -0.2) is 19.6 Å². The first kappa shape index (κ1) is 35.3.